The number of fused-ring (bicyclic) bond motifs is 1. The summed E-state index contributed by atoms with van der Waals surface area (Å²) in [5.41, 5.74) is 2.66. The molecule has 2 aromatic rings. The lowest BCUT2D eigenvalue weighted by atomic mass is 10.2. The van der Waals surface area contributed by atoms with Gasteiger partial charge in [-0.15, -0.1) is 0 Å². The highest BCUT2D eigenvalue weighted by molar-refractivity contribution is 5.77. The number of aromatic nitrogens is 2. The third-order valence-electron chi connectivity index (χ3n) is 3.08. The van der Waals surface area contributed by atoms with Crippen molar-refractivity contribution in [1.29, 1.82) is 0 Å². The molecule has 0 saturated heterocycles. The molecule has 2 rings (SSSR count). The Morgan fingerprint density at radius 2 is 2.14 bits per heavy atom. The van der Waals surface area contributed by atoms with Crippen LogP contribution in [-0.2, 0) is 4.79 Å². The second-order valence-electron chi connectivity index (χ2n) is 5.05. The van der Waals surface area contributed by atoms with Crippen molar-refractivity contribution < 1.29 is 18.0 Å². The van der Waals surface area contributed by atoms with Gasteiger partial charge in [0, 0.05) is 6.42 Å². The number of halogens is 3. The number of imidazole rings is 1. The van der Waals surface area contributed by atoms with Crippen molar-refractivity contribution in [3.63, 3.8) is 0 Å². The number of benzene rings is 1. The van der Waals surface area contributed by atoms with E-state index >= 15 is 0 Å². The van der Waals surface area contributed by atoms with Gasteiger partial charge in [0.1, 0.15) is 5.82 Å². The SMILES string of the molecule is Cc1ccc2nc(C(C)NC(=O)CCC(F)(F)F)[nH]c2c1. The van der Waals surface area contributed by atoms with Gasteiger partial charge in [0.05, 0.1) is 23.5 Å². The van der Waals surface area contributed by atoms with E-state index in [2.05, 4.69) is 15.3 Å². The third-order valence-corrected chi connectivity index (χ3v) is 3.08. The smallest absolute Gasteiger partial charge is 0.346 e. The molecule has 0 bridgehead atoms. The quantitative estimate of drug-likeness (QED) is 0.909. The van der Waals surface area contributed by atoms with E-state index in [4.69, 9.17) is 0 Å². The summed E-state index contributed by atoms with van der Waals surface area (Å²) in [6, 6.07) is 5.21. The number of nitrogens with zero attached hydrogens (tertiary/aromatic N) is 1. The van der Waals surface area contributed by atoms with Crippen molar-refractivity contribution in [2.45, 2.75) is 38.9 Å². The van der Waals surface area contributed by atoms with Gasteiger partial charge in [0.2, 0.25) is 5.91 Å². The average molecular weight is 299 g/mol. The zero-order chi connectivity index (χ0) is 15.6. The molecule has 114 valence electrons. The van der Waals surface area contributed by atoms with Gasteiger partial charge in [0.25, 0.3) is 0 Å². The maximum atomic E-state index is 12.1. The molecule has 1 amide bonds. The molecule has 21 heavy (non-hydrogen) atoms. The summed E-state index contributed by atoms with van der Waals surface area (Å²) in [5, 5.41) is 2.51. The van der Waals surface area contributed by atoms with E-state index in [1.807, 2.05) is 25.1 Å². The van der Waals surface area contributed by atoms with E-state index < -0.39 is 31.0 Å². The molecule has 1 aromatic carbocycles. The fourth-order valence-corrected chi connectivity index (χ4v) is 1.99. The van der Waals surface area contributed by atoms with E-state index in [0.29, 0.717) is 5.82 Å². The second-order valence-corrected chi connectivity index (χ2v) is 5.05. The Labute approximate surface area is 119 Å². The second kappa shape index (κ2) is 5.75. The molecule has 1 aromatic heterocycles. The number of H-pyrrole nitrogens is 1. The number of aryl methyl sites for hydroxylation is 1. The molecule has 4 nitrogen and oxygen atoms in total. The Balaban J connectivity index is 2.01. The van der Waals surface area contributed by atoms with Crippen molar-refractivity contribution in [3.05, 3.63) is 29.6 Å². The maximum absolute atomic E-state index is 12.1. The number of carbonyl (C=O) groups excluding carboxylic acids is 1. The van der Waals surface area contributed by atoms with Crippen LogP contribution in [0.25, 0.3) is 11.0 Å². The van der Waals surface area contributed by atoms with Crippen LogP contribution in [0.1, 0.15) is 37.2 Å². The van der Waals surface area contributed by atoms with Gasteiger partial charge in [-0.3, -0.25) is 4.79 Å². The normalized spacial score (nSPS) is 13.4. The van der Waals surface area contributed by atoms with Crippen LogP contribution in [0.5, 0.6) is 0 Å². The topological polar surface area (TPSA) is 57.8 Å². The van der Waals surface area contributed by atoms with Gasteiger partial charge in [-0.05, 0) is 31.5 Å². The van der Waals surface area contributed by atoms with Crippen LogP contribution in [0.4, 0.5) is 13.2 Å². The zero-order valence-corrected chi connectivity index (χ0v) is 11.7. The highest BCUT2D eigenvalue weighted by Crippen LogP contribution is 2.22. The third kappa shape index (κ3) is 4.21. The van der Waals surface area contributed by atoms with E-state index in [1.165, 1.54) is 0 Å². The highest BCUT2D eigenvalue weighted by atomic mass is 19.4. The molecule has 0 radical (unpaired) electrons. The molecule has 1 atom stereocenters. The fraction of sp³-hybridized carbons (Fsp3) is 0.429. The lowest BCUT2D eigenvalue weighted by Crippen LogP contribution is -2.28. The molecule has 0 aliphatic rings. The minimum atomic E-state index is -4.32. The summed E-state index contributed by atoms with van der Waals surface area (Å²) < 4.78 is 36.2. The first-order valence-corrected chi connectivity index (χ1v) is 6.57. The lowest BCUT2D eigenvalue weighted by Gasteiger charge is -2.12. The van der Waals surface area contributed by atoms with Gasteiger partial charge in [-0.2, -0.15) is 13.2 Å². The van der Waals surface area contributed by atoms with Crippen LogP contribution in [0.15, 0.2) is 18.2 Å². The Hall–Kier alpha value is -2.05. The van der Waals surface area contributed by atoms with Gasteiger partial charge in [-0.1, -0.05) is 6.07 Å². The molecular formula is C14H16F3N3O. The van der Waals surface area contributed by atoms with Gasteiger partial charge in [0.15, 0.2) is 0 Å². The number of hydrogen-bond donors (Lipinski definition) is 2. The number of carbonyl (C=O) groups is 1. The fourth-order valence-electron chi connectivity index (χ4n) is 1.99. The maximum Gasteiger partial charge on any atom is 0.389 e. The van der Waals surface area contributed by atoms with E-state index in [0.717, 1.165) is 16.6 Å². The zero-order valence-electron chi connectivity index (χ0n) is 11.7. The van der Waals surface area contributed by atoms with Crippen molar-refractivity contribution in [1.82, 2.24) is 15.3 Å². The molecule has 7 heteroatoms. The summed E-state index contributed by atoms with van der Waals surface area (Å²) in [5.74, 6) is -0.118. The van der Waals surface area contributed by atoms with Gasteiger partial charge in [-0.25, -0.2) is 4.98 Å². The molecule has 1 heterocycles. The minimum absolute atomic E-state index is 0.474. The molecule has 0 spiro atoms. The van der Waals surface area contributed by atoms with Gasteiger partial charge >= 0.3 is 6.18 Å². The largest absolute Gasteiger partial charge is 0.389 e. The number of hydrogen-bond acceptors (Lipinski definition) is 2. The number of rotatable bonds is 4. The first-order chi connectivity index (χ1) is 9.74. The Bertz CT molecular complexity index is 648. The van der Waals surface area contributed by atoms with Crippen LogP contribution in [0, 0.1) is 6.92 Å². The van der Waals surface area contributed by atoms with Crippen molar-refractivity contribution in [3.8, 4) is 0 Å². The molecule has 0 fully saturated rings. The Kier molecular flexibility index (Phi) is 4.20. The summed E-state index contributed by atoms with van der Waals surface area (Å²) >= 11 is 0. The van der Waals surface area contributed by atoms with Gasteiger partial charge < -0.3 is 10.3 Å². The van der Waals surface area contributed by atoms with Crippen molar-refractivity contribution in [2.24, 2.45) is 0 Å². The summed E-state index contributed by atoms with van der Waals surface area (Å²) in [6.07, 6.45) is -6.02. The average Bonchev–Trinajstić information content (AvgIpc) is 2.78. The Morgan fingerprint density at radius 1 is 1.43 bits per heavy atom. The minimum Gasteiger partial charge on any atom is -0.346 e. The number of amides is 1. The van der Waals surface area contributed by atoms with Crippen LogP contribution in [0.3, 0.4) is 0 Å². The number of nitrogens with one attached hydrogen (secondary N) is 2. The molecule has 0 aliphatic heterocycles. The van der Waals surface area contributed by atoms with Crippen LogP contribution in [-0.4, -0.2) is 22.1 Å². The number of alkyl halides is 3. The predicted molar refractivity (Wildman–Crippen MR) is 72.7 cm³/mol. The van der Waals surface area contributed by atoms with Crippen LogP contribution < -0.4 is 5.32 Å². The molecule has 0 aliphatic carbocycles. The first kappa shape index (κ1) is 15.3. The molecule has 1 unspecified atom stereocenters. The Morgan fingerprint density at radius 3 is 2.81 bits per heavy atom. The molecular weight excluding hydrogens is 283 g/mol. The van der Waals surface area contributed by atoms with Crippen LogP contribution >= 0.6 is 0 Å². The standard InChI is InChI=1S/C14H16F3N3O/c1-8-3-4-10-11(7-8)20-13(19-10)9(2)18-12(21)5-6-14(15,16)17/h3-4,7,9H,5-6H2,1-2H3,(H,18,21)(H,19,20). The highest BCUT2D eigenvalue weighted by Gasteiger charge is 2.28. The van der Waals surface area contributed by atoms with E-state index in [-0.39, 0.29) is 0 Å². The van der Waals surface area contributed by atoms with E-state index in [9.17, 15) is 18.0 Å². The molecule has 2 N–H and O–H groups in total. The summed E-state index contributed by atoms with van der Waals surface area (Å²) in [6.45, 7) is 3.62. The summed E-state index contributed by atoms with van der Waals surface area (Å²) in [7, 11) is 0. The van der Waals surface area contributed by atoms with E-state index in [1.54, 1.807) is 6.92 Å². The van der Waals surface area contributed by atoms with Crippen molar-refractivity contribution >= 4 is 16.9 Å². The monoisotopic (exact) mass is 299 g/mol. The lowest BCUT2D eigenvalue weighted by molar-refractivity contribution is -0.144. The first-order valence-electron chi connectivity index (χ1n) is 6.57. The predicted octanol–water partition coefficient (Wildman–Crippen LogP) is 3.39. The number of aromatic amines is 1. The molecule has 0 saturated carbocycles. The van der Waals surface area contributed by atoms with Crippen molar-refractivity contribution in [2.75, 3.05) is 0 Å². The summed E-state index contributed by atoms with van der Waals surface area (Å²) in [4.78, 5) is 18.9. The van der Waals surface area contributed by atoms with Crippen LogP contribution in [0.2, 0.25) is 0 Å².